The first-order chi connectivity index (χ1) is 14.2. The summed E-state index contributed by atoms with van der Waals surface area (Å²) in [4.78, 5) is 16.3. The molecule has 1 aromatic carbocycles. The van der Waals surface area contributed by atoms with Crippen LogP contribution in [0.2, 0.25) is 5.15 Å². The van der Waals surface area contributed by atoms with Crippen molar-refractivity contribution in [2.75, 3.05) is 31.9 Å². The van der Waals surface area contributed by atoms with Crippen molar-refractivity contribution in [1.82, 2.24) is 20.0 Å². The van der Waals surface area contributed by atoms with Gasteiger partial charge in [-0.15, -0.1) is 10.2 Å². The zero-order valence-electron chi connectivity index (χ0n) is 17.5. The van der Waals surface area contributed by atoms with Crippen LogP contribution in [0.4, 0.5) is 10.6 Å². The van der Waals surface area contributed by atoms with Crippen LogP contribution < -0.4 is 5.73 Å². The summed E-state index contributed by atoms with van der Waals surface area (Å²) in [7, 11) is 0. The molecule has 7 nitrogen and oxygen atoms in total. The highest BCUT2D eigenvalue weighted by Gasteiger charge is 2.25. The highest BCUT2D eigenvalue weighted by Crippen LogP contribution is 2.15. The Hall–Kier alpha value is -2.82. The summed E-state index contributed by atoms with van der Waals surface area (Å²) in [6.45, 7) is 9.34. The Kier molecular flexibility index (Phi) is 6.80. The Morgan fingerprint density at radius 1 is 1.17 bits per heavy atom. The number of hydrogen-bond donors (Lipinski definition) is 1. The molecule has 8 heteroatoms. The van der Waals surface area contributed by atoms with Crippen LogP contribution in [0, 0.1) is 11.8 Å². The number of nitrogens with zero attached hydrogens (tertiary/aromatic N) is 4. The lowest BCUT2D eigenvalue weighted by molar-refractivity contribution is 0.0139. The molecular weight excluding hydrogens is 402 g/mol. The number of nitrogen functional groups attached to an aromatic ring is 1. The van der Waals surface area contributed by atoms with E-state index in [1.54, 1.807) is 11.0 Å². The molecule has 158 valence electrons. The van der Waals surface area contributed by atoms with E-state index < -0.39 is 5.60 Å². The van der Waals surface area contributed by atoms with Gasteiger partial charge in [-0.1, -0.05) is 35.6 Å². The summed E-state index contributed by atoms with van der Waals surface area (Å²) >= 11 is 5.86. The van der Waals surface area contributed by atoms with Gasteiger partial charge in [0.1, 0.15) is 5.60 Å². The fourth-order valence-corrected chi connectivity index (χ4v) is 3.18. The van der Waals surface area contributed by atoms with Crippen molar-refractivity contribution in [2.24, 2.45) is 0 Å². The van der Waals surface area contributed by atoms with Crippen molar-refractivity contribution in [3.05, 3.63) is 52.2 Å². The molecule has 1 aliphatic rings. The summed E-state index contributed by atoms with van der Waals surface area (Å²) < 4.78 is 5.45. The van der Waals surface area contributed by atoms with Crippen molar-refractivity contribution in [2.45, 2.75) is 32.9 Å². The Balaban J connectivity index is 1.59. The number of anilines is 1. The van der Waals surface area contributed by atoms with Gasteiger partial charge < -0.3 is 15.4 Å². The molecule has 0 radical (unpaired) electrons. The Bertz CT molecular complexity index is 969. The summed E-state index contributed by atoms with van der Waals surface area (Å²) in [5, 5.41) is 7.72. The van der Waals surface area contributed by atoms with E-state index in [4.69, 9.17) is 22.1 Å². The standard InChI is InChI=1S/C22H26ClN5O2/c1-22(2,3)30-21(29)28-11-9-27(10-12-28)15-17-6-4-5-16(13-17)7-8-18-14-19(23)25-26-20(18)24/h4-6,13-14H,9-12,15H2,1-3H3,(H2,24,26). The number of hydrogen-bond acceptors (Lipinski definition) is 6. The fraction of sp³-hybridized carbons (Fsp3) is 0.409. The molecule has 1 saturated heterocycles. The van der Waals surface area contributed by atoms with Crippen molar-refractivity contribution in [1.29, 1.82) is 0 Å². The van der Waals surface area contributed by atoms with E-state index in [-0.39, 0.29) is 17.1 Å². The lowest BCUT2D eigenvalue weighted by atomic mass is 10.1. The maximum absolute atomic E-state index is 12.2. The van der Waals surface area contributed by atoms with Gasteiger partial charge in [-0.3, -0.25) is 4.90 Å². The average Bonchev–Trinajstić information content (AvgIpc) is 2.68. The highest BCUT2D eigenvalue weighted by molar-refractivity contribution is 6.29. The second kappa shape index (κ2) is 9.33. The van der Waals surface area contributed by atoms with E-state index in [9.17, 15) is 4.79 Å². The number of carbonyl (C=O) groups is 1. The normalized spacial score (nSPS) is 14.7. The van der Waals surface area contributed by atoms with Crippen molar-refractivity contribution in [3.8, 4) is 11.8 Å². The SMILES string of the molecule is CC(C)(C)OC(=O)N1CCN(Cc2cccc(C#Cc3cc(Cl)nnc3N)c2)CC1. The lowest BCUT2D eigenvalue weighted by Crippen LogP contribution is -2.49. The van der Waals surface area contributed by atoms with Gasteiger partial charge in [0, 0.05) is 38.3 Å². The van der Waals surface area contributed by atoms with E-state index in [2.05, 4.69) is 39.1 Å². The largest absolute Gasteiger partial charge is 0.444 e. The number of rotatable bonds is 2. The Morgan fingerprint density at radius 3 is 2.60 bits per heavy atom. The van der Waals surface area contributed by atoms with Gasteiger partial charge in [-0.2, -0.15) is 0 Å². The van der Waals surface area contributed by atoms with Crippen LogP contribution in [0.1, 0.15) is 37.5 Å². The fourth-order valence-electron chi connectivity index (χ4n) is 3.04. The van der Waals surface area contributed by atoms with Gasteiger partial charge in [0.05, 0.1) is 5.56 Å². The summed E-state index contributed by atoms with van der Waals surface area (Å²) in [6, 6.07) is 9.66. The summed E-state index contributed by atoms with van der Waals surface area (Å²) in [5.41, 5.74) is 7.92. The molecule has 1 aromatic heterocycles. The topological polar surface area (TPSA) is 84.6 Å². The second-order valence-electron chi connectivity index (χ2n) is 8.16. The maximum Gasteiger partial charge on any atom is 0.410 e. The van der Waals surface area contributed by atoms with E-state index >= 15 is 0 Å². The first-order valence-corrected chi connectivity index (χ1v) is 10.2. The molecule has 1 aliphatic heterocycles. The maximum atomic E-state index is 12.2. The minimum absolute atomic E-state index is 0.246. The van der Waals surface area contributed by atoms with E-state index in [1.165, 1.54) is 0 Å². The predicted octanol–water partition coefficient (Wildman–Crippen LogP) is 3.16. The number of carbonyl (C=O) groups excluding carboxylic acids is 1. The molecule has 30 heavy (non-hydrogen) atoms. The van der Waals surface area contributed by atoms with Crippen molar-refractivity contribution >= 4 is 23.5 Å². The lowest BCUT2D eigenvalue weighted by Gasteiger charge is -2.35. The van der Waals surface area contributed by atoms with Gasteiger partial charge in [-0.05, 0) is 44.5 Å². The third kappa shape index (κ3) is 6.34. The summed E-state index contributed by atoms with van der Waals surface area (Å²) in [5.74, 6) is 6.37. The average molecular weight is 428 g/mol. The third-order valence-corrected chi connectivity index (χ3v) is 4.68. The second-order valence-corrected chi connectivity index (χ2v) is 8.55. The van der Waals surface area contributed by atoms with Crippen LogP contribution in [0.5, 0.6) is 0 Å². The van der Waals surface area contributed by atoms with Crippen molar-refractivity contribution in [3.63, 3.8) is 0 Å². The van der Waals surface area contributed by atoms with E-state index in [0.29, 0.717) is 18.7 Å². The molecule has 0 saturated carbocycles. The number of amides is 1. The smallest absolute Gasteiger partial charge is 0.410 e. The monoisotopic (exact) mass is 427 g/mol. The summed E-state index contributed by atoms with van der Waals surface area (Å²) in [6.07, 6.45) is -0.246. The molecule has 1 amide bonds. The quantitative estimate of drug-likeness (QED) is 0.741. The molecule has 2 aromatic rings. The first-order valence-electron chi connectivity index (χ1n) is 9.79. The molecule has 0 unspecified atom stereocenters. The van der Waals surface area contributed by atoms with Crippen LogP contribution in [-0.4, -0.2) is 57.9 Å². The van der Waals surface area contributed by atoms with Gasteiger partial charge in [-0.25, -0.2) is 4.79 Å². The zero-order valence-corrected chi connectivity index (χ0v) is 18.2. The van der Waals surface area contributed by atoms with Crippen LogP contribution in [-0.2, 0) is 11.3 Å². The van der Waals surface area contributed by atoms with Crippen LogP contribution >= 0.6 is 11.6 Å². The van der Waals surface area contributed by atoms with Gasteiger partial charge in [0.15, 0.2) is 11.0 Å². The van der Waals surface area contributed by atoms with Crippen LogP contribution in [0.15, 0.2) is 30.3 Å². The number of ether oxygens (including phenoxy) is 1. The number of benzene rings is 1. The molecule has 0 atom stereocenters. The number of halogens is 1. The van der Waals surface area contributed by atoms with E-state index in [1.807, 2.05) is 32.9 Å². The van der Waals surface area contributed by atoms with Crippen LogP contribution in [0.3, 0.4) is 0 Å². The van der Waals surface area contributed by atoms with Gasteiger partial charge in [0.25, 0.3) is 0 Å². The molecular formula is C22H26ClN5O2. The Morgan fingerprint density at radius 2 is 1.90 bits per heavy atom. The van der Waals surface area contributed by atoms with Crippen molar-refractivity contribution < 1.29 is 9.53 Å². The first kappa shape index (κ1) is 21.9. The minimum Gasteiger partial charge on any atom is -0.444 e. The van der Waals surface area contributed by atoms with Gasteiger partial charge in [0.2, 0.25) is 0 Å². The molecule has 2 N–H and O–H groups in total. The molecule has 1 fully saturated rings. The predicted molar refractivity (Wildman–Crippen MR) is 117 cm³/mol. The molecule has 0 bridgehead atoms. The third-order valence-electron chi connectivity index (χ3n) is 4.49. The number of piperazine rings is 1. The minimum atomic E-state index is -0.474. The zero-order chi connectivity index (χ0) is 21.7. The molecule has 0 aliphatic carbocycles. The molecule has 0 spiro atoms. The number of nitrogens with two attached hydrogens (primary N) is 1. The molecule has 2 heterocycles. The number of aromatic nitrogens is 2. The highest BCUT2D eigenvalue weighted by atomic mass is 35.5. The Labute approximate surface area is 182 Å². The van der Waals surface area contributed by atoms with Crippen LogP contribution in [0.25, 0.3) is 0 Å². The van der Waals surface area contributed by atoms with Gasteiger partial charge >= 0.3 is 6.09 Å². The van der Waals surface area contributed by atoms with E-state index in [0.717, 1.165) is 30.8 Å². The molecule has 3 rings (SSSR count).